The van der Waals surface area contributed by atoms with Crippen molar-refractivity contribution < 1.29 is 9.18 Å². The van der Waals surface area contributed by atoms with E-state index in [4.69, 9.17) is 23.2 Å². The average molecular weight is 382 g/mol. The number of hydrogen-bond acceptors (Lipinski definition) is 3. The van der Waals surface area contributed by atoms with Gasteiger partial charge in [-0.2, -0.15) is 10.2 Å². The van der Waals surface area contributed by atoms with E-state index in [9.17, 15) is 9.18 Å². The zero-order valence-electron chi connectivity index (χ0n) is 13.2. The largest absolute Gasteiger partial charge is 0.304 e. The normalized spacial score (nSPS) is 10.9. The minimum absolute atomic E-state index is 0.0921. The van der Waals surface area contributed by atoms with E-state index >= 15 is 0 Å². The number of aryl methyl sites for hydroxylation is 1. The second-order valence-electron chi connectivity index (χ2n) is 5.26. The summed E-state index contributed by atoms with van der Waals surface area (Å²) in [5, 5.41) is 11.4. The van der Waals surface area contributed by atoms with Gasteiger partial charge in [0.25, 0.3) is 5.91 Å². The predicted octanol–water partition coefficient (Wildman–Crippen LogP) is 3.85. The molecule has 1 N–H and O–H groups in total. The number of nitrogens with zero attached hydrogens (tertiary/aromatic N) is 4. The first-order chi connectivity index (χ1) is 12.0. The lowest BCUT2D eigenvalue weighted by Crippen LogP contribution is -2.12. The topological polar surface area (TPSA) is 64.7 Å². The molecule has 6 nitrogen and oxygen atoms in total. The van der Waals surface area contributed by atoms with Gasteiger partial charge in [-0.3, -0.25) is 14.2 Å². The molecule has 0 fully saturated rings. The van der Waals surface area contributed by atoms with Crippen LogP contribution in [0.5, 0.6) is 0 Å². The van der Waals surface area contributed by atoms with Gasteiger partial charge in [0.2, 0.25) is 0 Å². The van der Waals surface area contributed by atoms with E-state index in [-0.39, 0.29) is 23.3 Å². The Kier molecular flexibility index (Phi) is 5.06. The summed E-state index contributed by atoms with van der Waals surface area (Å²) in [5.41, 5.74) is 0.690. The maximum atomic E-state index is 13.9. The van der Waals surface area contributed by atoms with Crippen LogP contribution in [0.1, 0.15) is 22.8 Å². The van der Waals surface area contributed by atoms with Crippen LogP contribution in [0.25, 0.3) is 0 Å². The number of benzene rings is 1. The number of amides is 1. The lowest BCUT2D eigenvalue weighted by atomic mass is 10.2. The van der Waals surface area contributed by atoms with Crippen molar-refractivity contribution in [1.82, 2.24) is 19.6 Å². The lowest BCUT2D eigenvalue weighted by Gasteiger charge is -2.05. The Morgan fingerprint density at radius 1 is 1.24 bits per heavy atom. The Labute approximate surface area is 153 Å². The van der Waals surface area contributed by atoms with Crippen LogP contribution in [0.15, 0.2) is 36.8 Å². The van der Waals surface area contributed by atoms with Gasteiger partial charge >= 0.3 is 0 Å². The molecule has 130 valence electrons. The van der Waals surface area contributed by atoms with Crippen molar-refractivity contribution in [2.24, 2.45) is 0 Å². The number of anilines is 1. The van der Waals surface area contributed by atoms with E-state index in [0.29, 0.717) is 22.7 Å². The Bertz CT molecular complexity index is 901. The maximum Gasteiger partial charge on any atom is 0.260 e. The molecule has 2 aromatic heterocycles. The average Bonchev–Trinajstić information content (AvgIpc) is 3.18. The zero-order chi connectivity index (χ0) is 18.0. The summed E-state index contributed by atoms with van der Waals surface area (Å²) in [4.78, 5) is 12.2. The highest BCUT2D eigenvalue weighted by atomic mass is 35.5. The standard InChI is InChI=1S/C16H14Cl2FN5O/c1-2-23-7-10(6-20-23)16(25)21-15-13(18)9-24(22-15)8-11-12(17)4-3-5-14(11)19/h3-7,9H,2,8H2,1H3,(H,21,22,25). The molecule has 25 heavy (non-hydrogen) atoms. The van der Waals surface area contributed by atoms with Gasteiger partial charge < -0.3 is 5.32 Å². The van der Waals surface area contributed by atoms with Crippen molar-refractivity contribution in [2.45, 2.75) is 20.0 Å². The first kappa shape index (κ1) is 17.4. The molecule has 0 unspecified atom stereocenters. The second-order valence-corrected chi connectivity index (χ2v) is 6.08. The van der Waals surface area contributed by atoms with Gasteiger partial charge in [0.1, 0.15) is 10.8 Å². The minimum Gasteiger partial charge on any atom is -0.304 e. The van der Waals surface area contributed by atoms with Gasteiger partial charge in [-0.1, -0.05) is 29.3 Å². The van der Waals surface area contributed by atoms with Crippen molar-refractivity contribution in [2.75, 3.05) is 5.32 Å². The van der Waals surface area contributed by atoms with Gasteiger partial charge in [-0.25, -0.2) is 4.39 Å². The van der Waals surface area contributed by atoms with Crippen molar-refractivity contribution in [3.8, 4) is 0 Å². The molecule has 0 radical (unpaired) electrons. The van der Waals surface area contributed by atoms with Gasteiger partial charge in [0, 0.05) is 29.5 Å². The molecule has 0 aliphatic rings. The molecule has 0 aliphatic heterocycles. The summed E-state index contributed by atoms with van der Waals surface area (Å²) in [6.45, 7) is 2.67. The van der Waals surface area contributed by atoms with Crippen molar-refractivity contribution >= 4 is 34.9 Å². The van der Waals surface area contributed by atoms with Crippen LogP contribution in [0.2, 0.25) is 10.0 Å². The number of hydrogen-bond donors (Lipinski definition) is 1. The number of nitrogens with one attached hydrogen (secondary N) is 1. The van der Waals surface area contributed by atoms with Gasteiger partial charge in [-0.15, -0.1) is 0 Å². The third-order valence-electron chi connectivity index (χ3n) is 3.55. The van der Waals surface area contributed by atoms with Crippen LogP contribution in [0.4, 0.5) is 10.2 Å². The van der Waals surface area contributed by atoms with Gasteiger partial charge in [0.05, 0.1) is 18.3 Å². The summed E-state index contributed by atoms with van der Waals surface area (Å²) in [5.74, 6) is -0.629. The van der Waals surface area contributed by atoms with E-state index in [1.807, 2.05) is 6.92 Å². The number of carbonyl (C=O) groups excluding carboxylic acids is 1. The lowest BCUT2D eigenvalue weighted by molar-refractivity contribution is 0.102. The van der Waals surface area contributed by atoms with Crippen LogP contribution < -0.4 is 5.32 Å². The summed E-state index contributed by atoms with van der Waals surface area (Å²) < 4.78 is 16.9. The fourth-order valence-corrected chi connectivity index (χ4v) is 2.66. The molecule has 0 spiro atoms. The third-order valence-corrected chi connectivity index (χ3v) is 4.18. The minimum atomic E-state index is -0.434. The molecule has 1 amide bonds. The molecule has 0 aliphatic carbocycles. The van der Waals surface area contributed by atoms with E-state index in [2.05, 4.69) is 15.5 Å². The molecule has 1 aromatic carbocycles. The van der Waals surface area contributed by atoms with Crippen LogP contribution in [-0.2, 0) is 13.1 Å². The van der Waals surface area contributed by atoms with E-state index in [1.165, 1.54) is 29.2 Å². The van der Waals surface area contributed by atoms with Crippen LogP contribution in [-0.4, -0.2) is 25.5 Å². The van der Waals surface area contributed by atoms with E-state index in [1.54, 1.807) is 16.9 Å². The molecule has 3 rings (SSSR count). The predicted molar refractivity (Wildman–Crippen MR) is 93.6 cm³/mol. The third kappa shape index (κ3) is 3.83. The fraction of sp³-hybridized carbons (Fsp3) is 0.188. The fourth-order valence-electron chi connectivity index (χ4n) is 2.24. The summed E-state index contributed by atoms with van der Waals surface area (Å²) in [6, 6.07) is 4.44. The summed E-state index contributed by atoms with van der Waals surface area (Å²) in [6.07, 6.45) is 4.58. The van der Waals surface area contributed by atoms with Crippen LogP contribution in [0.3, 0.4) is 0 Å². The Morgan fingerprint density at radius 2 is 2.04 bits per heavy atom. The molecule has 9 heteroatoms. The number of rotatable bonds is 5. The highest BCUT2D eigenvalue weighted by Gasteiger charge is 2.15. The molecule has 0 saturated heterocycles. The van der Waals surface area contributed by atoms with Gasteiger partial charge in [-0.05, 0) is 19.1 Å². The molecular formula is C16H14Cl2FN5O. The quantitative estimate of drug-likeness (QED) is 0.729. The molecule has 0 atom stereocenters. The smallest absolute Gasteiger partial charge is 0.260 e. The number of aromatic nitrogens is 4. The molecule has 2 heterocycles. The second kappa shape index (κ2) is 7.25. The maximum absolute atomic E-state index is 13.9. The Hall–Kier alpha value is -2.38. The van der Waals surface area contributed by atoms with Crippen LogP contribution in [0, 0.1) is 5.82 Å². The van der Waals surface area contributed by atoms with Crippen molar-refractivity contribution in [3.05, 3.63) is 63.8 Å². The molecular weight excluding hydrogens is 368 g/mol. The van der Waals surface area contributed by atoms with Crippen LogP contribution >= 0.6 is 23.2 Å². The van der Waals surface area contributed by atoms with Gasteiger partial charge in [0.15, 0.2) is 5.82 Å². The highest BCUT2D eigenvalue weighted by Crippen LogP contribution is 2.24. The Balaban J connectivity index is 1.77. The molecule has 0 bridgehead atoms. The number of carbonyl (C=O) groups is 1. The zero-order valence-corrected chi connectivity index (χ0v) is 14.7. The monoisotopic (exact) mass is 381 g/mol. The van der Waals surface area contributed by atoms with Crippen molar-refractivity contribution in [3.63, 3.8) is 0 Å². The highest BCUT2D eigenvalue weighted by molar-refractivity contribution is 6.33. The van der Waals surface area contributed by atoms with E-state index < -0.39 is 5.82 Å². The summed E-state index contributed by atoms with van der Waals surface area (Å²) >= 11 is 12.1. The molecule has 0 saturated carbocycles. The molecule has 3 aromatic rings. The van der Waals surface area contributed by atoms with E-state index in [0.717, 1.165) is 0 Å². The SMILES string of the molecule is CCn1cc(C(=O)Nc2nn(Cc3c(F)cccc3Cl)cc2Cl)cn1. The Morgan fingerprint density at radius 3 is 2.72 bits per heavy atom. The number of halogens is 3. The summed E-state index contributed by atoms with van der Waals surface area (Å²) in [7, 11) is 0. The first-order valence-corrected chi connectivity index (χ1v) is 8.23. The van der Waals surface area contributed by atoms with Crippen molar-refractivity contribution in [1.29, 1.82) is 0 Å². The first-order valence-electron chi connectivity index (χ1n) is 7.47.